The van der Waals surface area contributed by atoms with Crippen LogP contribution in [0.3, 0.4) is 0 Å². The lowest BCUT2D eigenvalue weighted by Crippen LogP contribution is -2.32. The van der Waals surface area contributed by atoms with E-state index in [2.05, 4.69) is 15.5 Å². The van der Waals surface area contributed by atoms with Gasteiger partial charge in [-0.2, -0.15) is 4.98 Å². The van der Waals surface area contributed by atoms with Crippen LogP contribution in [0.15, 0.2) is 28.8 Å². The van der Waals surface area contributed by atoms with Crippen LogP contribution in [0, 0.1) is 5.82 Å². The van der Waals surface area contributed by atoms with Gasteiger partial charge in [-0.15, -0.1) is 0 Å². The van der Waals surface area contributed by atoms with E-state index >= 15 is 0 Å². The van der Waals surface area contributed by atoms with E-state index in [1.54, 1.807) is 12.1 Å². The molecule has 1 aliphatic heterocycles. The quantitative estimate of drug-likeness (QED) is 0.929. The summed E-state index contributed by atoms with van der Waals surface area (Å²) >= 11 is 0. The molecular formula is C14H14FN3O3. The van der Waals surface area contributed by atoms with Gasteiger partial charge in [0.05, 0.1) is 11.7 Å². The predicted molar refractivity (Wildman–Crippen MR) is 71.0 cm³/mol. The number of rotatable bonds is 4. The van der Waals surface area contributed by atoms with Gasteiger partial charge in [0.25, 0.3) is 17.6 Å². The Kier molecular flexibility index (Phi) is 3.92. The molecule has 1 N–H and O–H groups in total. The van der Waals surface area contributed by atoms with Gasteiger partial charge < -0.3 is 14.6 Å². The first-order valence-corrected chi connectivity index (χ1v) is 6.72. The molecule has 1 aromatic carbocycles. The van der Waals surface area contributed by atoms with Crippen LogP contribution < -0.4 is 5.32 Å². The van der Waals surface area contributed by atoms with Crippen LogP contribution in [0.5, 0.6) is 0 Å². The second kappa shape index (κ2) is 6.01. The summed E-state index contributed by atoms with van der Waals surface area (Å²) in [5.74, 6) is -1.08. The Labute approximate surface area is 120 Å². The molecule has 6 nitrogen and oxygen atoms in total. The second-order valence-corrected chi connectivity index (χ2v) is 4.75. The van der Waals surface area contributed by atoms with Crippen molar-refractivity contribution in [1.29, 1.82) is 0 Å². The standard InChI is InChI=1S/C14H14FN3O3/c15-11-6-2-1-5-10(11)14-17-12(18-21-14)13(19)16-8-9-4-3-7-20-9/h1-2,5-6,9H,3-4,7-8H2,(H,16,19)/t9-/m0/s1. The Bertz CT molecular complexity index is 638. The Balaban J connectivity index is 1.66. The molecule has 0 spiro atoms. The molecule has 2 aromatic rings. The van der Waals surface area contributed by atoms with E-state index in [4.69, 9.17) is 9.26 Å². The molecule has 1 fully saturated rings. The number of benzene rings is 1. The summed E-state index contributed by atoms with van der Waals surface area (Å²) in [6, 6.07) is 6.01. The van der Waals surface area contributed by atoms with Crippen LogP contribution in [0.25, 0.3) is 11.5 Å². The lowest BCUT2D eigenvalue weighted by atomic mass is 10.2. The van der Waals surface area contributed by atoms with Crippen molar-refractivity contribution in [2.24, 2.45) is 0 Å². The first-order valence-electron chi connectivity index (χ1n) is 6.72. The van der Waals surface area contributed by atoms with Gasteiger partial charge in [0.15, 0.2) is 0 Å². The fourth-order valence-electron chi connectivity index (χ4n) is 2.15. The van der Waals surface area contributed by atoms with Gasteiger partial charge in [-0.1, -0.05) is 17.3 Å². The van der Waals surface area contributed by atoms with Crippen LogP contribution in [-0.2, 0) is 4.74 Å². The zero-order chi connectivity index (χ0) is 14.7. The van der Waals surface area contributed by atoms with Crippen LogP contribution in [0.1, 0.15) is 23.5 Å². The Hall–Kier alpha value is -2.28. The highest BCUT2D eigenvalue weighted by Gasteiger charge is 2.20. The van der Waals surface area contributed by atoms with Crippen LogP contribution in [0.2, 0.25) is 0 Å². The van der Waals surface area contributed by atoms with Crippen LogP contribution >= 0.6 is 0 Å². The monoisotopic (exact) mass is 291 g/mol. The van der Waals surface area contributed by atoms with Crippen molar-refractivity contribution in [3.05, 3.63) is 35.9 Å². The smallest absolute Gasteiger partial charge is 0.292 e. The van der Waals surface area contributed by atoms with Gasteiger partial charge in [-0.3, -0.25) is 4.79 Å². The summed E-state index contributed by atoms with van der Waals surface area (Å²) in [4.78, 5) is 15.8. The number of carbonyl (C=O) groups is 1. The number of aromatic nitrogens is 2. The molecule has 1 aromatic heterocycles. The van der Waals surface area contributed by atoms with Gasteiger partial charge in [-0.05, 0) is 25.0 Å². The van der Waals surface area contributed by atoms with E-state index in [-0.39, 0.29) is 23.4 Å². The largest absolute Gasteiger partial charge is 0.376 e. The first kappa shape index (κ1) is 13.7. The van der Waals surface area contributed by atoms with Gasteiger partial charge in [0, 0.05) is 13.2 Å². The molecule has 2 heterocycles. The maximum Gasteiger partial charge on any atom is 0.292 e. The lowest BCUT2D eigenvalue weighted by molar-refractivity contribution is 0.0847. The van der Waals surface area contributed by atoms with E-state index in [0.717, 1.165) is 19.4 Å². The minimum atomic E-state index is -0.479. The maximum absolute atomic E-state index is 13.6. The third-order valence-corrected chi connectivity index (χ3v) is 3.25. The van der Waals surface area contributed by atoms with Crippen molar-refractivity contribution in [2.45, 2.75) is 18.9 Å². The van der Waals surface area contributed by atoms with Crippen molar-refractivity contribution in [3.8, 4) is 11.5 Å². The lowest BCUT2D eigenvalue weighted by Gasteiger charge is -2.08. The van der Waals surface area contributed by atoms with Gasteiger partial charge in [0.1, 0.15) is 5.82 Å². The molecule has 1 amide bonds. The van der Waals surface area contributed by atoms with Crippen molar-refractivity contribution >= 4 is 5.91 Å². The number of hydrogen-bond donors (Lipinski definition) is 1. The topological polar surface area (TPSA) is 77.2 Å². The average molecular weight is 291 g/mol. The van der Waals surface area contributed by atoms with E-state index in [1.807, 2.05) is 0 Å². The summed E-state index contributed by atoms with van der Waals surface area (Å²) in [6.45, 7) is 1.13. The third-order valence-electron chi connectivity index (χ3n) is 3.25. The summed E-state index contributed by atoms with van der Waals surface area (Å²) in [7, 11) is 0. The van der Waals surface area contributed by atoms with Gasteiger partial charge in [0.2, 0.25) is 0 Å². The molecular weight excluding hydrogens is 277 g/mol. The van der Waals surface area contributed by atoms with Gasteiger partial charge >= 0.3 is 0 Å². The Morgan fingerprint density at radius 1 is 1.43 bits per heavy atom. The average Bonchev–Trinajstić information content (AvgIpc) is 3.17. The third kappa shape index (κ3) is 3.08. The molecule has 1 aliphatic rings. The van der Waals surface area contributed by atoms with Crippen molar-refractivity contribution in [3.63, 3.8) is 0 Å². The maximum atomic E-state index is 13.6. The number of hydrogen-bond acceptors (Lipinski definition) is 5. The predicted octanol–water partition coefficient (Wildman–Crippen LogP) is 1.78. The van der Waals surface area contributed by atoms with Crippen LogP contribution in [-0.4, -0.2) is 35.3 Å². The molecule has 0 unspecified atom stereocenters. The number of nitrogens with zero attached hydrogens (tertiary/aromatic N) is 2. The molecule has 0 saturated carbocycles. The molecule has 3 rings (SSSR count). The zero-order valence-corrected chi connectivity index (χ0v) is 11.2. The molecule has 7 heteroatoms. The van der Waals surface area contributed by atoms with Crippen molar-refractivity contribution < 1.29 is 18.4 Å². The highest BCUT2D eigenvalue weighted by Crippen LogP contribution is 2.20. The number of carbonyl (C=O) groups excluding carboxylic acids is 1. The highest BCUT2D eigenvalue weighted by atomic mass is 19.1. The zero-order valence-electron chi connectivity index (χ0n) is 11.2. The molecule has 0 radical (unpaired) electrons. The second-order valence-electron chi connectivity index (χ2n) is 4.75. The van der Waals surface area contributed by atoms with Crippen LogP contribution in [0.4, 0.5) is 4.39 Å². The molecule has 21 heavy (non-hydrogen) atoms. The summed E-state index contributed by atoms with van der Waals surface area (Å²) in [6.07, 6.45) is 1.96. The van der Waals surface area contributed by atoms with E-state index in [0.29, 0.717) is 6.54 Å². The number of nitrogens with one attached hydrogen (secondary N) is 1. The van der Waals surface area contributed by atoms with E-state index in [1.165, 1.54) is 12.1 Å². The summed E-state index contributed by atoms with van der Waals surface area (Å²) in [5.41, 5.74) is 0.170. The van der Waals surface area contributed by atoms with E-state index < -0.39 is 11.7 Å². The molecule has 0 aliphatic carbocycles. The Morgan fingerprint density at radius 2 is 2.29 bits per heavy atom. The number of halogens is 1. The fraction of sp³-hybridized carbons (Fsp3) is 0.357. The minimum Gasteiger partial charge on any atom is -0.376 e. The van der Waals surface area contributed by atoms with Crippen molar-refractivity contribution in [2.75, 3.05) is 13.2 Å². The summed E-state index contributed by atoms with van der Waals surface area (Å²) < 4.78 is 23.9. The fourth-order valence-corrected chi connectivity index (χ4v) is 2.15. The van der Waals surface area contributed by atoms with Crippen molar-refractivity contribution in [1.82, 2.24) is 15.5 Å². The Morgan fingerprint density at radius 3 is 3.05 bits per heavy atom. The molecule has 1 saturated heterocycles. The number of amides is 1. The van der Waals surface area contributed by atoms with E-state index in [9.17, 15) is 9.18 Å². The molecule has 110 valence electrons. The number of ether oxygens (including phenoxy) is 1. The highest BCUT2D eigenvalue weighted by molar-refractivity contribution is 5.90. The molecule has 0 bridgehead atoms. The molecule has 1 atom stereocenters. The normalized spacial score (nSPS) is 17.9. The SMILES string of the molecule is O=C(NC[C@@H]1CCCO1)c1noc(-c2ccccc2F)n1. The minimum absolute atomic E-state index is 0.0182. The first-order chi connectivity index (χ1) is 10.2. The van der Waals surface area contributed by atoms with Gasteiger partial charge in [-0.25, -0.2) is 4.39 Å². The summed E-state index contributed by atoms with van der Waals surface area (Å²) in [5, 5.41) is 6.25.